The lowest BCUT2D eigenvalue weighted by atomic mass is 10.1. The largest absolute Gasteiger partial charge is 0.394 e. The number of benzene rings is 1. The Morgan fingerprint density at radius 2 is 2.05 bits per heavy atom. The number of rotatable bonds is 7. The van der Waals surface area contributed by atoms with Gasteiger partial charge in [-0.1, -0.05) is 30.3 Å². The van der Waals surface area contributed by atoms with Crippen LogP contribution in [0.5, 0.6) is 0 Å². The van der Waals surface area contributed by atoms with Gasteiger partial charge in [0, 0.05) is 19.9 Å². The average molecular weight is 288 g/mol. The molecule has 21 heavy (non-hydrogen) atoms. The topological polar surface area (TPSA) is 63.5 Å². The fourth-order valence-corrected chi connectivity index (χ4v) is 2.16. The van der Waals surface area contributed by atoms with E-state index >= 15 is 0 Å². The molecule has 1 heterocycles. The molecule has 0 aliphatic heterocycles. The minimum atomic E-state index is -0.413. The smallest absolute Gasteiger partial charge is 0.268 e. The van der Waals surface area contributed by atoms with Gasteiger partial charge in [-0.2, -0.15) is 0 Å². The fraction of sp³-hybridized carbons (Fsp3) is 0.312. The van der Waals surface area contributed by atoms with Crippen molar-refractivity contribution in [1.82, 2.24) is 9.88 Å². The zero-order valence-electron chi connectivity index (χ0n) is 12.0. The van der Waals surface area contributed by atoms with E-state index in [4.69, 9.17) is 4.74 Å². The van der Waals surface area contributed by atoms with Crippen molar-refractivity contribution in [3.8, 4) is 0 Å². The highest BCUT2D eigenvalue weighted by atomic mass is 16.5. The van der Waals surface area contributed by atoms with Crippen molar-refractivity contribution in [1.29, 1.82) is 0 Å². The van der Waals surface area contributed by atoms with Gasteiger partial charge in [0.1, 0.15) is 5.69 Å². The number of amides is 1. The molecule has 0 bridgehead atoms. The molecule has 2 aromatic rings. The molecule has 2 N–H and O–H groups in total. The monoisotopic (exact) mass is 288 g/mol. The third-order valence-electron chi connectivity index (χ3n) is 3.29. The van der Waals surface area contributed by atoms with Gasteiger partial charge in [0.2, 0.25) is 0 Å². The van der Waals surface area contributed by atoms with E-state index in [1.165, 1.54) is 0 Å². The van der Waals surface area contributed by atoms with E-state index in [9.17, 15) is 9.90 Å². The molecule has 1 amide bonds. The summed E-state index contributed by atoms with van der Waals surface area (Å²) in [6.45, 7) is 1.01. The first-order valence-electron chi connectivity index (χ1n) is 6.87. The number of hydrogen-bond acceptors (Lipinski definition) is 3. The predicted molar refractivity (Wildman–Crippen MR) is 80.0 cm³/mol. The molecular weight excluding hydrogens is 268 g/mol. The zero-order valence-corrected chi connectivity index (χ0v) is 12.0. The lowest BCUT2D eigenvalue weighted by Gasteiger charge is -2.17. The summed E-state index contributed by atoms with van der Waals surface area (Å²) >= 11 is 0. The lowest BCUT2D eigenvalue weighted by molar-refractivity contribution is 0.0904. The maximum absolute atomic E-state index is 12.3. The number of methoxy groups -OCH3 is 1. The van der Waals surface area contributed by atoms with Crippen molar-refractivity contribution in [3.63, 3.8) is 0 Å². The molecule has 1 aromatic carbocycles. The van der Waals surface area contributed by atoms with E-state index in [0.29, 0.717) is 18.8 Å². The van der Waals surface area contributed by atoms with Gasteiger partial charge in [0.25, 0.3) is 5.91 Å². The summed E-state index contributed by atoms with van der Waals surface area (Å²) in [5.74, 6) is -0.209. The first-order valence-corrected chi connectivity index (χ1v) is 6.87. The molecule has 112 valence electrons. The first-order chi connectivity index (χ1) is 10.3. The van der Waals surface area contributed by atoms with Crippen LogP contribution in [0.3, 0.4) is 0 Å². The van der Waals surface area contributed by atoms with Crippen LogP contribution in [0.2, 0.25) is 0 Å². The van der Waals surface area contributed by atoms with Crippen LogP contribution in [-0.4, -0.2) is 35.9 Å². The summed E-state index contributed by atoms with van der Waals surface area (Å²) in [7, 11) is 1.63. The number of aliphatic hydroxyl groups is 1. The third kappa shape index (κ3) is 3.93. The Morgan fingerprint density at radius 3 is 2.71 bits per heavy atom. The van der Waals surface area contributed by atoms with Crippen LogP contribution in [0.15, 0.2) is 48.7 Å². The molecule has 5 nitrogen and oxygen atoms in total. The minimum Gasteiger partial charge on any atom is -0.394 e. The molecule has 0 aliphatic rings. The summed E-state index contributed by atoms with van der Waals surface area (Å²) in [6, 6.07) is 12.6. The van der Waals surface area contributed by atoms with Crippen molar-refractivity contribution >= 4 is 5.91 Å². The highest BCUT2D eigenvalue weighted by molar-refractivity contribution is 5.93. The molecule has 0 spiro atoms. The van der Waals surface area contributed by atoms with Crippen LogP contribution in [0.1, 0.15) is 22.1 Å². The summed E-state index contributed by atoms with van der Waals surface area (Å²) in [6.07, 6.45) is 1.84. The molecule has 0 fully saturated rings. The van der Waals surface area contributed by atoms with Crippen LogP contribution in [-0.2, 0) is 11.3 Å². The predicted octanol–water partition coefficient (Wildman–Crippen LogP) is 1.60. The quantitative estimate of drug-likeness (QED) is 0.813. The van der Waals surface area contributed by atoms with Crippen molar-refractivity contribution in [2.75, 3.05) is 20.3 Å². The van der Waals surface area contributed by atoms with E-state index in [0.717, 1.165) is 5.56 Å². The number of carbonyl (C=O) groups is 1. The highest BCUT2D eigenvalue weighted by Gasteiger charge is 2.17. The summed E-state index contributed by atoms with van der Waals surface area (Å²) in [5, 5.41) is 12.3. The first kappa shape index (κ1) is 15.3. The summed E-state index contributed by atoms with van der Waals surface area (Å²) in [4.78, 5) is 12.3. The Balaban J connectivity index is 2.08. The second-order valence-corrected chi connectivity index (χ2v) is 4.70. The Kier molecular flexibility index (Phi) is 5.54. The van der Waals surface area contributed by atoms with Crippen LogP contribution < -0.4 is 5.32 Å². The van der Waals surface area contributed by atoms with Gasteiger partial charge < -0.3 is 19.7 Å². The molecule has 0 saturated heterocycles. The Bertz CT molecular complexity index is 566. The summed E-state index contributed by atoms with van der Waals surface area (Å²) < 4.78 is 6.86. The number of aromatic nitrogens is 1. The molecule has 0 unspecified atom stereocenters. The number of nitrogens with zero attached hydrogens (tertiary/aromatic N) is 1. The zero-order chi connectivity index (χ0) is 15.1. The normalized spacial score (nSPS) is 12.1. The molecule has 1 atom stereocenters. The summed E-state index contributed by atoms with van der Waals surface area (Å²) in [5.41, 5.74) is 1.43. The van der Waals surface area contributed by atoms with Crippen LogP contribution in [0.4, 0.5) is 0 Å². The number of aliphatic hydroxyl groups excluding tert-OH is 1. The molecule has 0 aliphatic carbocycles. The standard InChI is InChI=1S/C16H20N2O3/c1-21-11-10-18-9-5-8-15(18)16(20)17-14(12-19)13-6-3-2-4-7-13/h2-9,14,19H,10-12H2,1H3,(H,17,20)/t14-/m0/s1. The SMILES string of the molecule is COCCn1cccc1C(=O)N[C@@H](CO)c1ccccc1. The highest BCUT2D eigenvalue weighted by Crippen LogP contribution is 2.13. The molecule has 2 rings (SSSR count). The van der Waals surface area contributed by atoms with E-state index in [1.807, 2.05) is 47.2 Å². The minimum absolute atomic E-state index is 0.144. The van der Waals surface area contributed by atoms with Gasteiger partial charge in [0.05, 0.1) is 19.3 Å². The Labute approximate surface area is 124 Å². The van der Waals surface area contributed by atoms with Gasteiger partial charge in [-0.3, -0.25) is 4.79 Å². The molecule has 0 radical (unpaired) electrons. The Morgan fingerprint density at radius 1 is 1.29 bits per heavy atom. The van der Waals surface area contributed by atoms with Crippen LogP contribution >= 0.6 is 0 Å². The van der Waals surface area contributed by atoms with Crippen molar-refractivity contribution in [2.24, 2.45) is 0 Å². The van der Waals surface area contributed by atoms with E-state index in [-0.39, 0.29) is 12.5 Å². The van der Waals surface area contributed by atoms with E-state index < -0.39 is 6.04 Å². The van der Waals surface area contributed by atoms with E-state index in [2.05, 4.69) is 5.32 Å². The van der Waals surface area contributed by atoms with Gasteiger partial charge in [0.15, 0.2) is 0 Å². The van der Waals surface area contributed by atoms with Gasteiger partial charge >= 0.3 is 0 Å². The van der Waals surface area contributed by atoms with Gasteiger partial charge in [-0.15, -0.1) is 0 Å². The van der Waals surface area contributed by atoms with E-state index in [1.54, 1.807) is 13.2 Å². The number of hydrogen-bond donors (Lipinski definition) is 2. The molecule has 5 heteroatoms. The number of nitrogens with one attached hydrogen (secondary N) is 1. The lowest BCUT2D eigenvalue weighted by Crippen LogP contribution is -2.32. The third-order valence-corrected chi connectivity index (χ3v) is 3.29. The number of carbonyl (C=O) groups excluding carboxylic acids is 1. The second kappa shape index (κ2) is 7.61. The second-order valence-electron chi connectivity index (χ2n) is 4.70. The average Bonchev–Trinajstić information content (AvgIpc) is 2.99. The number of ether oxygens (including phenoxy) is 1. The Hall–Kier alpha value is -2.11. The van der Waals surface area contributed by atoms with Crippen molar-refractivity contribution in [2.45, 2.75) is 12.6 Å². The maximum atomic E-state index is 12.3. The maximum Gasteiger partial charge on any atom is 0.268 e. The molecule has 0 saturated carbocycles. The fourth-order valence-electron chi connectivity index (χ4n) is 2.16. The van der Waals surface area contributed by atoms with Crippen molar-refractivity contribution in [3.05, 3.63) is 59.9 Å². The van der Waals surface area contributed by atoms with Crippen LogP contribution in [0, 0.1) is 0 Å². The van der Waals surface area contributed by atoms with Gasteiger partial charge in [-0.25, -0.2) is 0 Å². The molecule has 1 aromatic heterocycles. The van der Waals surface area contributed by atoms with Crippen LogP contribution in [0.25, 0.3) is 0 Å². The molecular formula is C16H20N2O3. The van der Waals surface area contributed by atoms with Crippen molar-refractivity contribution < 1.29 is 14.6 Å². The van der Waals surface area contributed by atoms with Gasteiger partial charge in [-0.05, 0) is 17.7 Å².